The molecule has 0 spiro atoms. The lowest BCUT2D eigenvalue weighted by Crippen LogP contribution is -2.44. The number of fused-ring (bicyclic) bond motifs is 2. The standard InChI is InChI=1S/C16H14N2O4/c1-16-7-6-11(22-16)12(15(20)21)13(16)14(19)18-10-4-2-9(8-17)3-5-10/h2-7,11-13H,1H3,(H,18,19)(H,20,21)/t11-,12-,13-,16+/m1/s1. The summed E-state index contributed by atoms with van der Waals surface area (Å²) < 4.78 is 5.65. The van der Waals surface area contributed by atoms with Gasteiger partial charge in [0, 0.05) is 5.69 Å². The minimum atomic E-state index is -1.04. The lowest BCUT2D eigenvalue weighted by molar-refractivity contribution is -0.146. The Hall–Kier alpha value is -2.65. The van der Waals surface area contributed by atoms with Gasteiger partial charge in [0.1, 0.15) is 5.92 Å². The van der Waals surface area contributed by atoms with E-state index in [-0.39, 0.29) is 0 Å². The summed E-state index contributed by atoms with van der Waals surface area (Å²) >= 11 is 0. The van der Waals surface area contributed by atoms with Gasteiger partial charge < -0.3 is 15.2 Å². The molecule has 1 aromatic carbocycles. The van der Waals surface area contributed by atoms with Crippen LogP contribution in [0.1, 0.15) is 12.5 Å². The van der Waals surface area contributed by atoms with Crippen molar-refractivity contribution < 1.29 is 19.4 Å². The van der Waals surface area contributed by atoms with E-state index in [2.05, 4.69) is 5.32 Å². The van der Waals surface area contributed by atoms with E-state index in [9.17, 15) is 14.7 Å². The van der Waals surface area contributed by atoms with Gasteiger partial charge in [0.05, 0.1) is 29.3 Å². The molecule has 2 N–H and O–H groups in total. The summed E-state index contributed by atoms with van der Waals surface area (Å²) in [6, 6.07) is 8.39. The van der Waals surface area contributed by atoms with Gasteiger partial charge in [0.25, 0.3) is 0 Å². The molecule has 1 aromatic rings. The van der Waals surface area contributed by atoms with Crippen molar-refractivity contribution in [2.24, 2.45) is 11.8 Å². The van der Waals surface area contributed by atoms with Crippen LogP contribution in [-0.2, 0) is 14.3 Å². The average Bonchev–Trinajstić information content (AvgIpc) is 3.01. The minimum Gasteiger partial charge on any atom is -0.481 e. The largest absolute Gasteiger partial charge is 0.481 e. The van der Waals surface area contributed by atoms with Gasteiger partial charge in [-0.3, -0.25) is 9.59 Å². The maximum absolute atomic E-state index is 12.5. The first-order valence-corrected chi connectivity index (χ1v) is 6.85. The summed E-state index contributed by atoms with van der Waals surface area (Å²) in [5.41, 5.74) is 0.104. The van der Waals surface area contributed by atoms with Gasteiger partial charge in [-0.1, -0.05) is 12.2 Å². The number of ether oxygens (including phenoxy) is 1. The zero-order valence-corrected chi connectivity index (χ0v) is 11.8. The molecule has 0 aliphatic carbocycles. The normalized spacial score (nSPS) is 31.7. The van der Waals surface area contributed by atoms with Crippen LogP contribution in [0.3, 0.4) is 0 Å². The molecular weight excluding hydrogens is 284 g/mol. The Kier molecular flexibility index (Phi) is 3.23. The first kappa shape index (κ1) is 14.3. The van der Waals surface area contributed by atoms with Crippen molar-refractivity contribution in [3.8, 4) is 6.07 Å². The third-order valence-corrected chi connectivity index (χ3v) is 4.19. The smallest absolute Gasteiger partial charge is 0.310 e. The highest BCUT2D eigenvalue weighted by molar-refractivity contribution is 5.97. The SMILES string of the molecule is C[C@@]12C=C[C@@H](O1)[C@@H](C(=O)O)[C@@H]2C(=O)Nc1ccc(C#N)cc1. The Balaban J connectivity index is 1.83. The molecule has 0 saturated carbocycles. The number of carboxylic acids is 1. The molecule has 3 rings (SSSR count). The molecule has 6 nitrogen and oxygen atoms in total. The second-order valence-corrected chi connectivity index (χ2v) is 5.65. The van der Waals surface area contributed by atoms with Gasteiger partial charge in [-0.25, -0.2) is 0 Å². The van der Waals surface area contributed by atoms with E-state index in [1.54, 1.807) is 43.3 Å². The van der Waals surface area contributed by atoms with Gasteiger partial charge in [0.2, 0.25) is 5.91 Å². The topological polar surface area (TPSA) is 99.4 Å². The number of hydrogen-bond acceptors (Lipinski definition) is 4. The van der Waals surface area contributed by atoms with Gasteiger partial charge in [-0.15, -0.1) is 0 Å². The first-order chi connectivity index (χ1) is 10.4. The summed E-state index contributed by atoms with van der Waals surface area (Å²) in [6.45, 7) is 1.72. The van der Waals surface area contributed by atoms with E-state index < -0.39 is 35.4 Å². The van der Waals surface area contributed by atoms with Crippen molar-refractivity contribution in [1.82, 2.24) is 0 Å². The highest BCUT2D eigenvalue weighted by Gasteiger charge is 2.59. The predicted molar refractivity (Wildman–Crippen MR) is 76.8 cm³/mol. The second-order valence-electron chi connectivity index (χ2n) is 5.65. The predicted octanol–water partition coefficient (Wildman–Crippen LogP) is 1.54. The van der Waals surface area contributed by atoms with Crippen LogP contribution >= 0.6 is 0 Å². The molecule has 22 heavy (non-hydrogen) atoms. The van der Waals surface area contributed by atoms with E-state index >= 15 is 0 Å². The molecule has 1 saturated heterocycles. The van der Waals surface area contributed by atoms with Crippen molar-refractivity contribution >= 4 is 17.6 Å². The fraction of sp³-hybridized carbons (Fsp3) is 0.312. The van der Waals surface area contributed by atoms with Gasteiger partial charge in [-0.2, -0.15) is 5.26 Å². The lowest BCUT2D eigenvalue weighted by atomic mass is 9.75. The van der Waals surface area contributed by atoms with Crippen LogP contribution in [-0.4, -0.2) is 28.7 Å². The van der Waals surface area contributed by atoms with Crippen LogP contribution in [0.2, 0.25) is 0 Å². The van der Waals surface area contributed by atoms with E-state index in [1.807, 2.05) is 6.07 Å². The van der Waals surface area contributed by atoms with Gasteiger partial charge in [-0.05, 0) is 31.2 Å². The molecular formula is C16H14N2O4. The summed E-state index contributed by atoms with van der Waals surface area (Å²) in [7, 11) is 0. The van der Waals surface area contributed by atoms with Crippen LogP contribution in [0.4, 0.5) is 5.69 Å². The molecule has 2 aliphatic heterocycles. The van der Waals surface area contributed by atoms with Gasteiger partial charge in [0.15, 0.2) is 0 Å². The number of nitrogens with zero attached hydrogens (tertiary/aromatic N) is 1. The van der Waals surface area contributed by atoms with Crippen molar-refractivity contribution in [2.45, 2.75) is 18.6 Å². The molecule has 4 atom stereocenters. The number of carbonyl (C=O) groups excluding carboxylic acids is 1. The second kappa shape index (κ2) is 4.97. The fourth-order valence-electron chi connectivity index (χ4n) is 3.13. The van der Waals surface area contributed by atoms with E-state index in [1.165, 1.54) is 0 Å². The summed E-state index contributed by atoms with van der Waals surface area (Å²) in [5.74, 6) is -3.13. The van der Waals surface area contributed by atoms with Crippen LogP contribution < -0.4 is 5.32 Å². The third kappa shape index (κ3) is 2.16. The Bertz CT molecular complexity index is 704. The highest BCUT2D eigenvalue weighted by atomic mass is 16.5. The molecule has 1 fully saturated rings. The Morgan fingerprint density at radius 1 is 1.36 bits per heavy atom. The quantitative estimate of drug-likeness (QED) is 0.825. The van der Waals surface area contributed by atoms with E-state index in [0.717, 1.165) is 0 Å². The van der Waals surface area contributed by atoms with Crippen molar-refractivity contribution in [3.63, 3.8) is 0 Å². The third-order valence-electron chi connectivity index (χ3n) is 4.19. The molecule has 0 unspecified atom stereocenters. The number of hydrogen-bond donors (Lipinski definition) is 2. The molecule has 1 amide bonds. The summed E-state index contributed by atoms with van der Waals surface area (Å²) in [6.07, 6.45) is 2.88. The lowest BCUT2D eigenvalue weighted by Gasteiger charge is -2.27. The number of amides is 1. The Morgan fingerprint density at radius 2 is 2.05 bits per heavy atom. The molecule has 2 heterocycles. The Morgan fingerprint density at radius 3 is 2.64 bits per heavy atom. The number of rotatable bonds is 3. The molecule has 6 heteroatoms. The van der Waals surface area contributed by atoms with Crippen LogP contribution in [0, 0.1) is 23.2 Å². The molecule has 0 aromatic heterocycles. The highest BCUT2D eigenvalue weighted by Crippen LogP contribution is 2.47. The van der Waals surface area contributed by atoms with Crippen molar-refractivity contribution in [2.75, 3.05) is 5.32 Å². The maximum Gasteiger partial charge on any atom is 0.310 e. The minimum absolute atomic E-state index is 0.397. The van der Waals surface area contributed by atoms with Crippen LogP contribution in [0.15, 0.2) is 36.4 Å². The van der Waals surface area contributed by atoms with Crippen molar-refractivity contribution in [1.29, 1.82) is 5.26 Å². The number of benzene rings is 1. The van der Waals surface area contributed by atoms with E-state index in [4.69, 9.17) is 10.00 Å². The van der Waals surface area contributed by atoms with Crippen LogP contribution in [0.5, 0.6) is 0 Å². The molecule has 0 radical (unpaired) electrons. The van der Waals surface area contributed by atoms with E-state index in [0.29, 0.717) is 11.3 Å². The number of carbonyl (C=O) groups is 2. The maximum atomic E-state index is 12.5. The number of nitrogens with one attached hydrogen (secondary N) is 1. The number of nitriles is 1. The average molecular weight is 298 g/mol. The number of carboxylic acid groups (broad SMARTS) is 1. The summed E-state index contributed by atoms with van der Waals surface area (Å²) in [5, 5.41) is 20.8. The zero-order chi connectivity index (χ0) is 15.9. The van der Waals surface area contributed by atoms with Gasteiger partial charge >= 0.3 is 5.97 Å². The fourth-order valence-corrected chi connectivity index (χ4v) is 3.13. The van der Waals surface area contributed by atoms with Crippen molar-refractivity contribution in [3.05, 3.63) is 42.0 Å². The molecule has 112 valence electrons. The van der Waals surface area contributed by atoms with Crippen LogP contribution in [0.25, 0.3) is 0 Å². The monoisotopic (exact) mass is 298 g/mol. The summed E-state index contributed by atoms with van der Waals surface area (Å²) in [4.78, 5) is 24.0. The molecule has 2 bridgehead atoms. The zero-order valence-electron chi connectivity index (χ0n) is 11.8. The number of anilines is 1. The number of aliphatic carboxylic acids is 1. The first-order valence-electron chi connectivity index (χ1n) is 6.85. The molecule has 2 aliphatic rings. The Labute approximate surface area is 127 Å².